The van der Waals surface area contributed by atoms with Crippen molar-refractivity contribution in [2.24, 2.45) is 0 Å². The standard InChI is InChI=1S/C13H16O6S/c1-9-3-5-11(6-4-9)20(15,16)19-10-7-12(18-8-10)13(14)17-2/h3-6,10,12H,7-8H2,1-2H3/t10-,12+/m0/s1. The summed E-state index contributed by atoms with van der Waals surface area (Å²) in [6, 6.07) is 6.35. The summed E-state index contributed by atoms with van der Waals surface area (Å²) in [5.74, 6) is -0.524. The molecule has 0 spiro atoms. The van der Waals surface area contributed by atoms with Gasteiger partial charge < -0.3 is 9.47 Å². The quantitative estimate of drug-likeness (QED) is 0.610. The highest BCUT2D eigenvalue weighted by Gasteiger charge is 2.35. The van der Waals surface area contributed by atoms with Gasteiger partial charge in [-0.3, -0.25) is 4.18 Å². The summed E-state index contributed by atoms with van der Waals surface area (Å²) in [5, 5.41) is 0. The van der Waals surface area contributed by atoms with Crippen LogP contribution in [0.15, 0.2) is 29.2 Å². The fourth-order valence-corrected chi connectivity index (χ4v) is 2.97. The third-order valence-corrected chi connectivity index (χ3v) is 4.37. The molecule has 110 valence electrons. The Hall–Kier alpha value is -1.44. The normalized spacial score (nSPS) is 22.7. The molecule has 1 aromatic rings. The van der Waals surface area contributed by atoms with E-state index in [-0.39, 0.29) is 17.9 Å². The van der Waals surface area contributed by atoms with Crippen molar-refractivity contribution in [1.82, 2.24) is 0 Å². The van der Waals surface area contributed by atoms with Gasteiger partial charge in [-0.25, -0.2) is 4.79 Å². The van der Waals surface area contributed by atoms with Crippen LogP contribution in [-0.4, -0.2) is 40.3 Å². The second-order valence-electron chi connectivity index (χ2n) is 4.57. The summed E-state index contributed by atoms with van der Waals surface area (Å²) in [7, 11) is -2.60. The molecule has 0 bridgehead atoms. The minimum Gasteiger partial charge on any atom is -0.467 e. The number of carbonyl (C=O) groups is 1. The number of esters is 1. The Labute approximate surface area is 117 Å². The Balaban J connectivity index is 2.03. The molecule has 2 atom stereocenters. The molecule has 0 aliphatic carbocycles. The highest BCUT2D eigenvalue weighted by Crippen LogP contribution is 2.22. The fourth-order valence-electron chi connectivity index (χ4n) is 1.90. The highest BCUT2D eigenvalue weighted by molar-refractivity contribution is 7.86. The van der Waals surface area contributed by atoms with E-state index < -0.39 is 28.3 Å². The predicted molar refractivity (Wildman–Crippen MR) is 69.6 cm³/mol. The van der Waals surface area contributed by atoms with Crippen molar-refractivity contribution in [3.8, 4) is 0 Å². The maximum absolute atomic E-state index is 12.1. The lowest BCUT2D eigenvalue weighted by Crippen LogP contribution is -2.22. The first kappa shape index (κ1) is 15.0. The maximum atomic E-state index is 12.1. The maximum Gasteiger partial charge on any atom is 0.335 e. The Morgan fingerprint density at radius 1 is 1.30 bits per heavy atom. The van der Waals surface area contributed by atoms with Crippen LogP contribution in [0.2, 0.25) is 0 Å². The van der Waals surface area contributed by atoms with Gasteiger partial charge in [0.2, 0.25) is 0 Å². The van der Waals surface area contributed by atoms with Crippen molar-refractivity contribution >= 4 is 16.1 Å². The van der Waals surface area contributed by atoms with Gasteiger partial charge in [0, 0.05) is 6.42 Å². The molecule has 0 saturated carbocycles. The van der Waals surface area contributed by atoms with Crippen molar-refractivity contribution in [2.75, 3.05) is 13.7 Å². The molecule has 2 rings (SSSR count). The van der Waals surface area contributed by atoms with Crippen LogP contribution in [0.4, 0.5) is 0 Å². The van der Waals surface area contributed by atoms with Crippen LogP contribution >= 0.6 is 0 Å². The summed E-state index contributed by atoms with van der Waals surface area (Å²) >= 11 is 0. The number of hydrogen-bond acceptors (Lipinski definition) is 6. The Morgan fingerprint density at radius 3 is 2.55 bits per heavy atom. The lowest BCUT2D eigenvalue weighted by molar-refractivity contribution is -0.151. The third kappa shape index (κ3) is 3.36. The number of aryl methyl sites for hydroxylation is 1. The summed E-state index contributed by atoms with van der Waals surface area (Å²) in [6.07, 6.45) is -1.28. The topological polar surface area (TPSA) is 78.9 Å². The zero-order chi connectivity index (χ0) is 14.8. The van der Waals surface area contributed by atoms with Crippen molar-refractivity contribution in [2.45, 2.75) is 30.4 Å². The minimum atomic E-state index is -3.85. The zero-order valence-electron chi connectivity index (χ0n) is 11.2. The molecule has 0 radical (unpaired) electrons. The van der Waals surface area contributed by atoms with Crippen molar-refractivity contribution < 1.29 is 26.9 Å². The van der Waals surface area contributed by atoms with Crippen LogP contribution in [-0.2, 0) is 28.6 Å². The van der Waals surface area contributed by atoms with Crippen LogP contribution in [0, 0.1) is 6.92 Å². The SMILES string of the molecule is COC(=O)[C@H]1C[C@H](OS(=O)(=O)c2ccc(C)cc2)CO1. The number of ether oxygens (including phenoxy) is 2. The van der Waals surface area contributed by atoms with Crippen molar-refractivity contribution in [1.29, 1.82) is 0 Å². The monoisotopic (exact) mass is 300 g/mol. The van der Waals surface area contributed by atoms with Gasteiger partial charge in [-0.15, -0.1) is 0 Å². The summed E-state index contributed by atoms with van der Waals surface area (Å²) in [4.78, 5) is 11.4. The van der Waals surface area contributed by atoms with E-state index >= 15 is 0 Å². The number of hydrogen-bond donors (Lipinski definition) is 0. The van der Waals surface area contributed by atoms with Crippen molar-refractivity contribution in [3.05, 3.63) is 29.8 Å². The molecule has 7 heteroatoms. The highest BCUT2D eigenvalue weighted by atomic mass is 32.2. The second kappa shape index (κ2) is 5.90. The molecule has 0 amide bonds. The molecular weight excluding hydrogens is 284 g/mol. The molecular formula is C13H16O6S. The Morgan fingerprint density at radius 2 is 1.95 bits per heavy atom. The number of benzene rings is 1. The first-order valence-corrected chi connectivity index (χ1v) is 7.52. The second-order valence-corrected chi connectivity index (χ2v) is 6.14. The molecule has 20 heavy (non-hydrogen) atoms. The van der Waals surface area contributed by atoms with Gasteiger partial charge in [0.05, 0.1) is 18.6 Å². The molecule has 1 aliphatic heterocycles. The molecule has 1 fully saturated rings. The van der Waals surface area contributed by atoms with Gasteiger partial charge in [-0.1, -0.05) is 17.7 Å². The van der Waals surface area contributed by atoms with E-state index in [1.807, 2.05) is 6.92 Å². The summed E-state index contributed by atoms with van der Waals surface area (Å²) in [5.41, 5.74) is 0.957. The van der Waals surface area contributed by atoms with Crippen LogP contribution in [0.5, 0.6) is 0 Å². The number of methoxy groups -OCH3 is 1. The molecule has 6 nitrogen and oxygen atoms in total. The average molecular weight is 300 g/mol. The molecule has 1 aliphatic rings. The van der Waals surface area contributed by atoms with Crippen LogP contribution in [0.25, 0.3) is 0 Å². The van der Waals surface area contributed by atoms with Gasteiger partial charge in [-0.2, -0.15) is 8.42 Å². The molecule has 0 N–H and O–H groups in total. The average Bonchev–Trinajstić information content (AvgIpc) is 2.86. The summed E-state index contributed by atoms with van der Waals surface area (Å²) in [6.45, 7) is 1.91. The fraction of sp³-hybridized carbons (Fsp3) is 0.462. The molecule has 1 heterocycles. The van der Waals surface area contributed by atoms with E-state index in [4.69, 9.17) is 8.92 Å². The summed E-state index contributed by atoms with van der Waals surface area (Å²) < 4.78 is 38.9. The van der Waals surface area contributed by atoms with E-state index in [9.17, 15) is 13.2 Å². The minimum absolute atomic E-state index is 0.0465. The van der Waals surface area contributed by atoms with E-state index in [0.29, 0.717) is 0 Å². The van der Waals surface area contributed by atoms with E-state index in [0.717, 1.165) is 5.56 Å². The molecule has 1 aromatic carbocycles. The van der Waals surface area contributed by atoms with E-state index in [1.54, 1.807) is 12.1 Å². The number of rotatable bonds is 4. The lowest BCUT2D eigenvalue weighted by Gasteiger charge is -2.10. The van der Waals surface area contributed by atoms with Gasteiger partial charge in [-0.05, 0) is 19.1 Å². The number of carbonyl (C=O) groups excluding carboxylic acids is 1. The van der Waals surface area contributed by atoms with Crippen LogP contribution in [0.1, 0.15) is 12.0 Å². The molecule has 0 aromatic heterocycles. The van der Waals surface area contributed by atoms with E-state index in [2.05, 4.69) is 4.74 Å². The van der Waals surface area contributed by atoms with Crippen LogP contribution in [0.3, 0.4) is 0 Å². The lowest BCUT2D eigenvalue weighted by atomic mass is 10.2. The predicted octanol–water partition coefficient (Wildman–Crippen LogP) is 1.03. The zero-order valence-corrected chi connectivity index (χ0v) is 12.1. The van der Waals surface area contributed by atoms with Gasteiger partial charge in [0.25, 0.3) is 10.1 Å². The Bertz CT molecular complexity index is 577. The smallest absolute Gasteiger partial charge is 0.335 e. The van der Waals surface area contributed by atoms with E-state index in [1.165, 1.54) is 19.2 Å². The Kier molecular flexibility index (Phi) is 4.42. The first-order chi connectivity index (χ1) is 9.42. The van der Waals surface area contributed by atoms with Gasteiger partial charge in [0.1, 0.15) is 6.10 Å². The third-order valence-electron chi connectivity index (χ3n) is 3.00. The largest absolute Gasteiger partial charge is 0.467 e. The van der Waals surface area contributed by atoms with Crippen molar-refractivity contribution in [3.63, 3.8) is 0 Å². The van der Waals surface area contributed by atoms with Crippen LogP contribution < -0.4 is 0 Å². The first-order valence-electron chi connectivity index (χ1n) is 6.12. The van der Waals surface area contributed by atoms with Gasteiger partial charge >= 0.3 is 5.97 Å². The van der Waals surface area contributed by atoms with Gasteiger partial charge in [0.15, 0.2) is 6.10 Å². The molecule has 1 saturated heterocycles. The molecule has 0 unspecified atom stereocenters.